The molecule has 1 fully saturated rings. The topological polar surface area (TPSA) is 64.2 Å². The average molecular weight is 271 g/mol. The Morgan fingerprint density at radius 3 is 2.94 bits per heavy atom. The predicted molar refractivity (Wildman–Crippen MR) is 73.1 cm³/mol. The summed E-state index contributed by atoms with van der Waals surface area (Å²) in [6, 6.07) is 0.274. The van der Waals surface area contributed by atoms with Gasteiger partial charge in [-0.2, -0.15) is 5.10 Å². The van der Waals surface area contributed by atoms with Crippen molar-refractivity contribution in [2.45, 2.75) is 38.3 Å². The maximum atomic E-state index is 11.8. The van der Waals surface area contributed by atoms with E-state index in [-0.39, 0.29) is 22.7 Å². The highest BCUT2D eigenvalue weighted by Gasteiger charge is 2.28. The van der Waals surface area contributed by atoms with Crippen LogP contribution in [0.2, 0.25) is 5.02 Å². The number of aryl methyl sites for hydroxylation is 1. The Labute approximate surface area is 112 Å². The molecular weight excluding hydrogens is 252 g/mol. The van der Waals surface area contributed by atoms with E-state index in [2.05, 4.69) is 10.00 Å². The summed E-state index contributed by atoms with van der Waals surface area (Å²) in [4.78, 5) is 13.9. The van der Waals surface area contributed by atoms with Gasteiger partial charge in [-0.25, -0.2) is 4.68 Å². The Bertz CT molecular complexity index is 485. The Morgan fingerprint density at radius 1 is 1.56 bits per heavy atom. The molecule has 18 heavy (non-hydrogen) atoms. The fourth-order valence-corrected chi connectivity index (χ4v) is 2.79. The first kappa shape index (κ1) is 13.4. The van der Waals surface area contributed by atoms with Crippen LogP contribution in [0, 0.1) is 0 Å². The quantitative estimate of drug-likeness (QED) is 0.875. The van der Waals surface area contributed by atoms with Gasteiger partial charge >= 0.3 is 0 Å². The zero-order valence-electron chi connectivity index (χ0n) is 10.8. The van der Waals surface area contributed by atoms with Crippen LogP contribution in [0.15, 0.2) is 11.0 Å². The van der Waals surface area contributed by atoms with E-state index >= 15 is 0 Å². The predicted octanol–water partition coefficient (Wildman–Crippen LogP) is 1.14. The molecule has 0 saturated carbocycles. The van der Waals surface area contributed by atoms with Crippen LogP contribution in [0.25, 0.3) is 0 Å². The molecule has 0 bridgehead atoms. The number of halogens is 1. The van der Waals surface area contributed by atoms with Crippen LogP contribution in [-0.4, -0.2) is 28.4 Å². The fraction of sp³-hybridized carbons (Fsp3) is 0.667. The van der Waals surface area contributed by atoms with Gasteiger partial charge in [0.1, 0.15) is 5.02 Å². The maximum absolute atomic E-state index is 11.8. The van der Waals surface area contributed by atoms with Gasteiger partial charge in [0, 0.05) is 25.7 Å². The number of aromatic nitrogens is 2. The van der Waals surface area contributed by atoms with Crippen LogP contribution in [0.3, 0.4) is 0 Å². The Balaban J connectivity index is 2.40. The van der Waals surface area contributed by atoms with Gasteiger partial charge in [-0.3, -0.25) is 4.79 Å². The van der Waals surface area contributed by atoms with Gasteiger partial charge in [-0.05, 0) is 26.2 Å². The lowest BCUT2D eigenvalue weighted by atomic mass is 9.96. The summed E-state index contributed by atoms with van der Waals surface area (Å²) in [5.74, 6) is 0. The van der Waals surface area contributed by atoms with Gasteiger partial charge in [0.15, 0.2) is 0 Å². The number of nitrogens with two attached hydrogens (primary N) is 1. The number of nitrogens with zero attached hydrogens (tertiary/aromatic N) is 3. The number of hydrogen-bond donors (Lipinski definition) is 1. The van der Waals surface area contributed by atoms with Crippen molar-refractivity contribution in [1.29, 1.82) is 0 Å². The minimum atomic E-state index is -0.261. The number of anilines is 1. The molecule has 1 aliphatic rings. The van der Waals surface area contributed by atoms with Crippen LogP contribution in [0.5, 0.6) is 0 Å². The first-order chi connectivity index (χ1) is 8.52. The summed E-state index contributed by atoms with van der Waals surface area (Å²) in [5.41, 5.74) is 6.47. The second-order valence-electron chi connectivity index (χ2n) is 4.89. The lowest BCUT2D eigenvalue weighted by molar-refractivity contribution is 0.412. The molecule has 2 heterocycles. The molecular formula is C12H19ClN4O. The van der Waals surface area contributed by atoms with Gasteiger partial charge in [0.2, 0.25) is 0 Å². The molecule has 2 unspecified atom stereocenters. The molecule has 100 valence electrons. The van der Waals surface area contributed by atoms with Crippen molar-refractivity contribution in [3.63, 3.8) is 0 Å². The van der Waals surface area contributed by atoms with E-state index in [0.717, 1.165) is 19.4 Å². The molecule has 0 aliphatic carbocycles. The van der Waals surface area contributed by atoms with E-state index in [1.54, 1.807) is 13.2 Å². The molecule has 5 nitrogen and oxygen atoms in total. The third kappa shape index (κ3) is 2.37. The Kier molecular flexibility index (Phi) is 3.92. The SMILES string of the molecule is CC(N)C1CCCCN1c1cnn(C)c(=O)c1Cl. The number of rotatable bonds is 2. The van der Waals surface area contributed by atoms with Crippen molar-refractivity contribution < 1.29 is 0 Å². The van der Waals surface area contributed by atoms with Crippen molar-refractivity contribution in [3.05, 3.63) is 21.6 Å². The smallest absolute Gasteiger partial charge is 0.287 e. The molecule has 0 aromatic carbocycles. The van der Waals surface area contributed by atoms with E-state index in [1.165, 1.54) is 11.1 Å². The zero-order valence-corrected chi connectivity index (χ0v) is 11.5. The molecule has 2 N–H and O–H groups in total. The number of piperidine rings is 1. The molecule has 1 saturated heterocycles. The van der Waals surface area contributed by atoms with Gasteiger partial charge in [-0.1, -0.05) is 11.6 Å². The van der Waals surface area contributed by atoms with Crippen molar-refractivity contribution >= 4 is 17.3 Å². The Hall–Kier alpha value is -1.07. The van der Waals surface area contributed by atoms with Crippen molar-refractivity contribution in [3.8, 4) is 0 Å². The van der Waals surface area contributed by atoms with Gasteiger partial charge in [0.25, 0.3) is 5.56 Å². The monoisotopic (exact) mass is 270 g/mol. The highest BCUT2D eigenvalue weighted by atomic mass is 35.5. The molecule has 1 aromatic rings. The zero-order chi connectivity index (χ0) is 13.3. The van der Waals surface area contributed by atoms with Crippen molar-refractivity contribution in [2.75, 3.05) is 11.4 Å². The first-order valence-electron chi connectivity index (χ1n) is 6.26. The molecule has 6 heteroatoms. The fourth-order valence-electron chi connectivity index (χ4n) is 2.51. The summed E-state index contributed by atoms with van der Waals surface area (Å²) in [6.45, 7) is 2.87. The lowest BCUT2D eigenvalue weighted by Gasteiger charge is -2.39. The molecule has 0 spiro atoms. The summed E-state index contributed by atoms with van der Waals surface area (Å²) >= 11 is 6.15. The molecule has 0 radical (unpaired) electrons. The summed E-state index contributed by atoms with van der Waals surface area (Å²) < 4.78 is 1.25. The van der Waals surface area contributed by atoms with E-state index < -0.39 is 0 Å². The second-order valence-corrected chi connectivity index (χ2v) is 5.27. The van der Waals surface area contributed by atoms with Crippen LogP contribution >= 0.6 is 11.6 Å². The molecule has 1 aromatic heterocycles. The number of hydrogen-bond acceptors (Lipinski definition) is 4. The summed E-state index contributed by atoms with van der Waals surface area (Å²) in [6.07, 6.45) is 4.95. The van der Waals surface area contributed by atoms with Crippen molar-refractivity contribution in [1.82, 2.24) is 9.78 Å². The van der Waals surface area contributed by atoms with E-state index in [9.17, 15) is 4.79 Å². The van der Waals surface area contributed by atoms with Crippen LogP contribution in [-0.2, 0) is 7.05 Å². The minimum absolute atomic E-state index is 0.0467. The van der Waals surface area contributed by atoms with Gasteiger partial charge in [-0.15, -0.1) is 0 Å². The molecule has 1 aliphatic heterocycles. The maximum Gasteiger partial charge on any atom is 0.287 e. The van der Waals surface area contributed by atoms with E-state index in [0.29, 0.717) is 5.69 Å². The van der Waals surface area contributed by atoms with Crippen LogP contribution in [0.1, 0.15) is 26.2 Å². The van der Waals surface area contributed by atoms with Gasteiger partial charge in [0.05, 0.1) is 11.9 Å². The van der Waals surface area contributed by atoms with Gasteiger partial charge < -0.3 is 10.6 Å². The normalized spacial score (nSPS) is 22.0. The highest BCUT2D eigenvalue weighted by Crippen LogP contribution is 2.29. The standard InChI is InChI=1S/C12H19ClN4O/c1-8(14)9-5-3-4-6-17(9)10-7-15-16(2)12(18)11(10)13/h7-9H,3-6,14H2,1-2H3. The van der Waals surface area contributed by atoms with Crippen molar-refractivity contribution in [2.24, 2.45) is 12.8 Å². The summed E-state index contributed by atoms with van der Waals surface area (Å²) in [5, 5.41) is 4.28. The summed E-state index contributed by atoms with van der Waals surface area (Å²) in [7, 11) is 1.59. The third-order valence-electron chi connectivity index (χ3n) is 3.53. The van der Waals surface area contributed by atoms with E-state index in [1.807, 2.05) is 6.92 Å². The lowest BCUT2D eigenvalue weighted by Crippen LogP contribution is -2.49. The molecule has 2 atom stereocenters. The molecule has 0 amide bonds. The van der Waals surface area contributed by atoms with Crippen LogP contribution < -0.4 is 16.2 Å². The highest BCUT2D eigenvalue weighted by molar-refractivity contribution is 6.33. The minimum Gasteiger partial charge on any atom is -0.364 e. The van der Waals surface area contributed by atoms with E-state index in [4.69, 9.17) is 17.3 Å². The second kappa shape index (κ2) is 5.28. The molecule has 2 rings (SSSR count). The first-order valence-corrected chi connectivity index (χ1v) is 6.64. The van der Waals surface area contributed by atoms with Crippen LogP contribution in [0.4, 0.5) is 5.69 Å². The third-order valence-corrected chi connectivity index (χ3v) is 3.88. The average Bonchev–Trinajstić information content (AvgIpc) is 2.36. The largest absolute Gasteiger partial charge is 0.364 e. The Morgan fingerprint density at radius 2 is 2.28 bits per heavy atom.